The second-order valence-electron chi connectivity index (χ2n) is 7.57. The molecule has 3 aromatic rings. The minimum Gasteiger partial charge on any atom is -0.471 e. The predicted octanol–water partition coefficient (Wildman–Crippen LogP) is 1.14. The highest BCUT2D eigenvalue weighted by Gasteiger charge is 2.35. The average Bonchev–Trinajstić information content (AvgIpc) is 3.10. The SMILES string of the molecule is COC(=O)[C@@H]([BH2-]c1n(C)cc[n+]1C)[C@@H](C(=O)c1ccccc1)c1ccccc1C#N. The standard InChI is InChI=1S/C23H24BN3O3/c1-26-13-14-27(2)23(26)24-20(22(29)30-3)19(18-12-8-7-11-17(18)15-25)21(28)16-9-5-4-6-10-16/h4-14,19-20H,24H2,1-3H3/t19-,20-/m0/s1. The molecule has 0 bridgehead atoms. The topological polar surface area (TPSA) is 76.0 Å². The molecule has 30 heavy (non-hydrogen) atoms. The van der Waals surface area contributed by atoms with E-state index >= 15 is 0 Å². The predicted molar refractivity (Wildman–Crippen MR) is 115 cm³/mol. The molecule has 0 radical (unpaired) electrons. The lowest BCUT2D eigenvalue weighted by atomic mass is 9.55. The number of ketones is 1. The highest BCUT2D eigenvalue weighted by molar-refractivity contribution is 6.57. The number of hydrogen-bond acceptors (Lipinski definition) is 4. The van der Waals surface area contributed by atoms with Crippen LogP contribution in [0.5, 0.6) is 0 Å². The molecule has 1 aromatic heterocycles. The molecule has 0 aliphatic rings. The molecule has 0 N–H and O–H groups in total. The van der Waals surface area contributed by atoms with E-state index in [1.54, 1.807) is 48.5 Å². The summed E-state index contributed by atoms with van der Waals surface area (Å²) in [5.41, 5.74) is 2.45. The van der Waals surface area contributed by atoms with Gasteiger partial charge in [-0.05, 0) is 17.4 Å². The van der Waals surface area contributed by atoms with Crippen molar-refractivity contribution in [3.63, 3.8) is 0 Å². The van der Waals surface area contributed by atoms with E-state index in [4.69, 9.17) is 4.74 Å². The fraction of sp³-hybridized carbons (Fsp3) is 0.217. The fourth-order valence-corrected chi connectivity index (χ4v) is 4.25. The van der Waals surface area contributed by atoms with Crippen LogP contribution in [-0.2, 0) is 23.6 Å². The van der Waals surface area contributed by atoms with E-state index in [9.17, 15) is 14.9 Å². The molecule has 0 fully saturated rings. The quantitative estimate of drug-likeness (QED) is 0.258. The number of nitrogens with zero attached hydrogens (tertiary/aromatic N) is 3. The number of rotatable bonds is 7. The maximum absolute atomic E-state index is 13.7. The monoisotopic (exact) mass is 401 g/mol. The average molecular weight is 401 g/mol. The van der Waals surface area contributed by atoms with Crippen molar-refractivity contribution in [2.75, 3.05) is 7.11 Å². The third-order valence-electron chi connectivity index (χ3n) is 5.93. The van der Waals surface area contributed by atoms with Crippen LogP contribution in [0.15, 0.2) is 67.0 Å². The Bertz CT molecular complexity index is 1080. The molecule has 3 rings (SSSR count). The number of benzene rings is 2. The largest absolute Gasteiger partial charge is 0.471 e. The van der Waals surface area contributed by atoms with Crippen molar-refractivity contribution < 1.29 is 18.9 Å². The normalized spacial score (nSPS) is 12.6. The summed E-state index contributed by atoms with van der Waals surface area (Å²) in [6, 6.07) is 18.1. The summed E-state index contributed by atoms with van der Waals surface area (Å²) in [6.45, 7) is 0. The third kappa shape index (κ3) is 4.18. The summed E-state index contributed by atoms with van der Waals surface area (Å²) in [7, 11) is 4.03. The lowest BCUT2D eigenvalue weighted by Crippen LogP contribution is -2.52. The maximum atomic E-state index is 13.7. The van der Waals surface area contributed by atoms with Crippen molar-refractivity contribution in [2.45, 2.75) is 11.7 Å². The Morgan fingerprint density at radius 1 is 1.13 bits per heavy atom. The third-order valence-corrected chi connectivity index (χ3v) is 5.93. The number of hydrogen-bond donors (Lipinski definition) is 0. The van der Waals surface area contributed by atoms with Gasteiger partial charge in [0.05, 0.1) is 38.6 Å². The Balaban J connectivity index is 2.18. The van der Waals surface area contributed by atoms with Gasteiger partial charge in [-0.1, -0.05) is 48.5 Å². The highest BCUT2D eigenvalue weighted by Crippen LogP contribution is 2.35. The summed E-state index contributed by atoms with van der Waals surface area (Å²) in [5, 5.41) is 9.67. The number of carbonyl (C=O) groups excluding carboxylic acids is 2. The number of esters is 1. The van der Waals surface area contributed by atoms with E-state index in [0.29, 0.717) is 16.7 Å². The lowest BCUT2D eigenvalue weighted by molar-refractivity contribution is -0.653. The molecule has 0 aliphatic heterocycles. The van der Waals surface area contributed by atoms with Crippen LogP contribution in [0.2, 0.25) is 5.82 Å². The number of imidazole rings is 1. The Hall–Kier alpha value is -3.66. The van der Waals surface area contributed by atoms with Gasteiger partial charge in [0.15, 0.2) is 5.78 Å². The van der Waals surface area contributed by atoms with Crippen molar-refractivity contribution in [3.05, 3.63) is 83.7 Å². The molecule has 6 nitrogen and oxygen atoms in total. The minimum absolute atomic E-state index is 0.186. The second kappa shape index (κ2) is 9.23. The Morgan fingerprint density at radius 3 is 2.40 bits per heavy atom. The summed E-state index contributed by atoms with van der Waals surface area (Å²) in [4.78, 5) is 26.6. The van der Waals surface area contributed by atoms with E-state index in [0.717, 1.165) is 5.72 Å². The highest BCUT2D eigenvalue weighted by atomic mass is 16.5. The van der Waals surface area contributed by atoms with Crippen LogP contribution in [0.3, 0.4) is 0 Å². The second-order valence-corrected chi connectivity index (χ2v) is 7.57. The van der Waals surface area contributed by atoms with Gasteiger partial charge in [0, 0.05) is 11.5 Å². The number of aryl methyl sites for hydroxylation is 2. The zero-order valence-electron chi connectivity index (χ0n) is 17.6. The van der Waals surface area contributed by atoms with E-state index in [-0.39, 0.29) is 5.78 Å². The van der Waals surface area contributed by atoms with Crippen LogP contribution < -0.4 is 10.3 Å². The Labute approximate surface area is 176 Å². The van der Waals surface area contributed by atoms with Crippen LogP contribution in [0.25, 0.3) is 0 Å². The van der Waals surface area contributed by atoms with Crippen LogP contribution in [0, 0.1) is 11.3 Å². The molecule has 0 amide bonds. The lowest BCUT2D eigenvalue weighted by Gasteiger charge is -2.28. The van der Waals surface area contributed by atoms with E-state index in [1.807, 2.05) is 41.7 Å². The molecule has 2 aromatic carbocycles. The first-order valence-corrected chi connectivity index (χ1v) is 9.95. The van der Waals surface area contributed by atoms with Crippen LogP contribution in [0.1, 0.15) is 27.4 Å². The number of carbonyl (C=O) groups is 2. The van der Waals surface area contributed by atoms with Crippen LogP contribution in [0.4, 0.5) is 0 Å². The van der Waals surface area contributed by atoms with Gasteiger partial charge in [-0.25, -0.2) is 0 Å². The Kier molecular flexibility index (Phi) is 6.48. The van der Waals surface area contributed by atoms with Gasteiger partial charge in [0.2, 0.25) is 0 Å². The van der Waals surface area contributed by atoms with Gasteiger partial charge >= 0.3 is 0 Å². The van der Waals surface area contributed by atoms with Crippen LogP contribution >= 0.6 is 0 Å². The van der Waals surface area contributed by atoms with Gasteiger partial charge in [-0.3, -0.25) is 18.7 Å². The molecular formula is C23H24BN3O3. The smallest absolute Gasteiger partial charge is 0.274 e. The molecule has 0 spiro atoms. The van der Waals surface area contributed by atoms with Gasteiger partial charge < -0.3 is 4.74 Å². The minimum atomic E-state index is -1.15. The van der Waals surface area contributed by atoms with Crippen molar-refractivity contribution in [1.29, 1.82) is 5.26 Å². The fourth-order valence-electron chi connectivity index (χ4n) is 4.25. The van der Waals surface area contributed by atoms with Gasteiger partial charge in [0.1, 0.15) is 19.7 Å². The zero-order valence-corrected chi connectivity index (χ0v) is 17.6. The molecular weight excluding hydrogens is 377 g/mol. The molecule has 7 heteroatoms. The summed E-state index contributed by atoms with van der Waals surface area (Å²) >= 11 is 0. The zero-order chi connectivity index (χ0) is 21.7. The number of Topliss-reactive ketones (excluding diaryl/α,β-unsaturated/α-hetero) is 1. The number of nitriles is 1. The van der Waals surface area contributed by atoms with Crippen molar-refractivity contribution in [2.24, 2.45) is 14.1 Å². The van der Waals surface area contributed by atoms with E-state index in [2.05, 4.69) is 6.07 Å². The number of aromatic nitrogens is 2. The van der Waals surface area contributed by atoms with Crippen molar-refractivity contribution >= 4 is 24.8 Å². The number of ether oxygens (including phenoxy) is 1. The molecule has 0 unspecified atom stereocenters. The number of methoxy groups -OCH3 is 1. The first-order chi connectivity index (χ1) is 14.5. The van der Waals surface area contributed by atoms with Crippen molar-refractivity contribution in [1.82, 2.24) is 4.57 Å². The molecule has 0 saturated heterocycles. The van der Waals surface area contributed by atoms with Gasteiger partial charge in [0.25, 0.3) is 5.97 Å². The Morgan fingerprint density at radius 2 is 1.80 bits per heavy atom. The van der Waals surface area contributed by atoms with Gasteiger partial charge in [-0.2, -0.15) is 5.26 Å². The molecule has 0 aliphatic carbocycles. The summed E-state index contributed by atoms with van der Waals surface area (Å²) in [5.74, 6) is -2.09. The van der Waals surface area contributed by atoms with E-state index < -0.39 is 25.0 Å². The first kappa shape index (κ1) is 21.1. The summed E-state index contributed by atoms with van der Waals surface area (Å²) < 4.78 is 9.08. The molecule has 1 heterocycles. The molecule has 152 valence electrons. The van der Waals surface area contributed by atoms with Gasteiger partial charge in [-0.15, -0.1) is 0 Å². The maximum Gasteiger partial charge on any atom is 0.274 e. The van der Waals surface area contributed by atoms with E-state index in [1.165, 1.54) is 7.11 Å². The molecule has 2 atom stereocenters. The first-order valence-electron chi connectivity index (χ1n) is 9.95. The molecule has 0 saturated carbocycles. The van der Waals surface area contributed by atoms with Crippen molar-refractivity contribution in [3.8, 4) is 6.07 Å². The summed E-state index contributed by atoms with van der Waals surface area (Å²) in [6.07, 6.45) is 3.84. The van der Waals surface area contributed by atoms with Crippen LogP contribution in [-0.4, -0.2) is 30.7 Å².